The topological polar surface area (TPSA) is 64.0 Å². The van der Waals surface area contributed by atoms with Crippen LogP contribution in [0.1, 0.15) is 6.92 Å². The van der Waals surface area contributed by atoms with Gasteiger partial charge in [0.25, 0.3) is 11.3 Å². The van der Waals surface area contributed by atoms with E-state index in [-0.39, 0.29) is 17.2 Å². The van der Waals surface area contributed by atoms with E-state index in [9.17, 15) is 18.4 Å². The molecular formula is C23H19F2N3O2S2. The Kier molecular flexibility index (Phi) is 6.76. The van der Waals surface area contributed by atoms with Crippen molar-refractivity contribution >= 4 is 56.8 Å². The second-order valence-corrected chi connectivity index (χ2v) is 8.91. The van der Waals surface area contributed by atoms with Gasteiger partial charge in [0.15, 0.2) is 5.16 Å². The molecule has 1 heterocycles. The predicted molar refractivity (Wildman–Crippen MR) is 127 cm³/mol. The lowest BCUT2D eigenvalue weighted by Crippen LogP contribution is -2.23. The van der Waals surface area contributed by atoms with Crippen LogP contribution in [0.2, 0.25) is 0 Å². The fraction of sp³-hybridized carbons (Fsp3) is 0.174. The second-order valence-electron chi connectivity index (χ2n) is 6.90. The fourth-order valence-corrected chi connectivity index (χ4v) is 4.69. The number of benzene rings is 3. The first kappa shape index (κ1) is 22.3. The van der Waals surface area contributed by atoms with E-state index in [0.717, 1.165) is 10.8 Å². The van der Waals surface area contributed by atoms with Gasteiger partial charge in [-0.1, -0.05) is 47.8 Å². The number of amides is 1. The van der Waals surface area contributed by atoms with Crippen LogP contribution in [0, 0.1) is 0 Å². The lowest BCUT2D eigenvalue weighted by Gasteiger charge is -2.12. The normalized spacial score (nSPS) is 11.4. The first-order chi connectivity index (χ1) is 15.4. The van der Waals surface area contributed by atoms with E-state index in [2.05, 4.69) is 10.3 Å². The zero-order chi connectivity index (χ0) is 22.7. The summed E-state index contributed by atoms with van der Waals surface area (Å²) in [6.07, 6.45) is 0. The van der Waals surface area contributed by atoms with Gasteiger partial charge in [0.2, 0.25) is 5.91 Å². The van der Waals surface area contributed by atoms with Crippen molar-refractivity contribution in [2.45, 2.75) is 29.3 Å². The number of halogens is 2. The molecule has 1 aromatic heterocycles. The summed E-state index contributed by atoms with van der Waals surface area (Å²) in [7, 11) is 0. The maximum Gasteiger partial charge on any atom is 0.288 e. The van der Waals surface area contributed by atoms with Crippen LogP contribution in [-0.2, 0) is 11.3 Å². The van der Waals surface area contributed by atoms with E-state index in [1.54, 1.807) is 16.7 Å². The van der Waals surface area contributed by atoms with Crippen LogP contribution in [0.4, 0.5) is 14.5 Å². The van der Waals surface area contributed by atoms with E-state index < -0.39 is 5.76 Å². The zero-order valence-corrected chi connectivity index (χ0v) is 18.7. The van der Waals surface area contributed by atoms with Gasteiger partial charge in [0.05, 0.1) is 16.7 Å². The Bertz CT molecular complexity index is 1340. The van der Waals surface area contributed by atoms with Gasteiger partial charge in [0, 0.05) is 17.1 Å². The zero-order valence-electron chi connectivity index (χ0n) is 17.0. The molecule has 0 unspecified atom stereocenters. The molecule has 0 bridgehead atoms. The van der Waals surface area contributed by atoms with Gasteiger partial charge in [-0.2, -0.15) is 8.78 Å². The fourth-order valence-electron chi connectivity index (χ4n) is 3.32. The Morgan fingerprint density at radius 3 is 2.44 bits per heavy atom. The quantitative estimate of drug-likeness (QED) is 0.215. The van der Waals surface area contributed by atoms with Crippen molar-refractivity contribution in [2.75, 3.05) is 11.1 Å². The van der Waals surface area contributed by atoms with Gasteiger partial charge in [-0.05, 0) is 54.1 Å². The number of hydrogen-bond acceptors (Lipinski definition) is 5. The monoisotopic (exact) mass is 471 g/mol. The van der Waals surface area contributed by atoms with Crippen LogP contribution >= 0.6 is 23.5 Å². The molecular weight excluding hydrogens is 452 g/mol. The third-order valence-electron chi connectivity index (χ3n) is 4.80. The molecule has 0 aliphatic heterocycles. The number of fused-ring (bicyclic) bond motifs is 2. The van der Waals surface area contributed by atoms with Gasteiger partial charge < -0.3 is 5.32 Å². The number of carbonyl (C=O) groups excluding carboxylic acids is 1. The molecule has 0 saturated carbocycles. The van der Waals surface area contributed by atoms with Crippen LogP contribution in [0.5, 0.6) is 0 Å². The summed E-state index contributed by atoms with van der Waals surface area (Å²) >= 11 is 1.63. The molecule has 0 saturated heterocycles. The molecule has 0 atom stereocenters. The van der Waals surface area contributed by atoms with Crippen molar-refractivity contribution in [1.82, 2.24) is 9.55 Å². The number of thioether (sulfide) groups is 2. The van der Waals surface area contributed by atoms with Crippen molar-refractivity contribution in [3.63, 3.8) is 0 Å². The Balaban J connectivity index is 1.52. The SMILES string of the molecule is CCn1c(SCC(=O)Nc2ccc(SC(F)F)cc2)nc2cc3ccccc3cc2c1=O. The summed E-state index contributed by atoms with van der Waals surface area (Å²) in [5.74, 6) is -2.71. The lowest BCUT2D eigenvalue weighted by molar-refractivity contribution is -0.113. The summed E-state index contributed by atoms with van der Waals surface area (Å²) in [6.45, 7) is 2.29. The standard InChI is InChI=1S/C23H19F2N3O2S2/c1-2-28-21(30)18-11-14-5-3-4-6-15(14)12-19(18)27-23(28)31-13-20(29)26-16-7-9-17(10-8-16)32-22(24)25/h3-12,22H,2,13H2,1H3,(H,26,29). The minimum absolute atomic E-state index is 0.0546. The first-order valence-corrected chi connectivity index (χ1v) is 11.7. The molecule has 5 nitrogen and oxygen atoms in total. The first-order valence-electron chi connectivity index (χ1n) is 9.85. The Morgan fingerprint density at radius 2 is 1.78 bits per heavy atom. The molecule has 0 spiro atoms. The number of aromatic nitrogens is 2. The molecule has 1 amide bonds. The minimum Gasteiger partial charge on any atom is -0.325 e. The van der Waals surface area contributed by atoms with Gasteiger partial charge in [-0.25, -0.2) is 4.98 Å². The summed E-state index contributed by atoms with van der Waals surface area (Å²) < 4.78 is 26.4. The second kappa shape index (κ2) is 9.70. The summed E-state index contributed by atoms with van der Waals surface area (Å²) in [6, 6.07) is 17.7. The molecule has 0 aliphatic rings. The highest BCUT2D eigenvalue weighted by Crippen LogP contribution is 2.26. The maximum atomic E-state index is 13.0. The van der Waals surface area contributed by atoms with Crippen molar-refractivity contribution in [3.8, 4) is 0 Å². The number of anilines is 1. The van der Waals surface area contributed by atoms with Crippen molar-refractivity contribution < 1.29 is 13.6 Å². The highest BCUT2D eigenvalue weighted by molar-refractivity contribution is 8.00. The molecule has 3 aromatic carbocycles. The smallest absolute Gasteiger partial charge is 0.288 e. The van der Waals surface area contributed by atoms with E-state index in [0.29, 0.717) is 44.9 Å². The third kappa shape index (κ3) is 4.94. The van der Waals surface area contributed by atoms with E-state index in [1.807, 2.05) is 43.3 Å². The number of rotatable bonds is 7. The summed E-state index contributed by atoms with van der Waals surface area (Å²) in [5.41, 5.74) is 0.965. The maximum absolute atomic E-state index is 13.0. The van der Waals surface area contributed by atoms with Crippen LogP contribution in [0.15, 0.2) is 75.5 Å². The molecule has 4 aromatic rings. The molecule has 0 aliphatic carbocycles. The van der Waals surface area contributed by atoms with E-state index >= 15 is 0 Å². The van der Waals surface area contributed by atoms with Gasteiger partial charge >= 0.3 is 0 Å². The average molecular weight is 472 g/mol. The Hall–Kier alpha value is -2.91. The van der Waals surface area contributed by atoms with Gasteiger partial charge in [-0.3, -0.25) is 14.2 Å². The van der Waals surface area contributed by atoms with E-state index in [4.69, 9.17) is 0 Å². The molecule has 4 rings (SSSR count). The highest BCUT2D eigenvalue weighted by atomic mass is 32.2. The third-order valence-corrected chi connectivity index (χ3v) is 6.50. The number of nitrogens with zero attached hydrogens (tertiary/aromatic N) is 2. The van der Waals surface area contributed by atoms with Crippen molar-refractivity contribution in [1.29, 1.82) is 0 Å². The summed E-state index contributed by atoms with van der Waals surface area (Å²) in [5, 5.41) is 5.71. The number of nitrogens with one attached hydrogen (secondary N) is 1. The minimum atomic E-state index is -2.49. The molecule has 9 heteroatoms. The number of carbonyl (C=O) groups is 1. The molecule has 164 valence electrons. The van der Waals surface area contributed by atoms with Crippen molar-refractivity contribution in [2.24, 2.45) is 0 Å². The highest BCUT2D eigenvalue weighted by Gasteiger charge is 2.14. The van der Waals surface area contributed by atoms with Crippen molar-refractivity contribution in [3.05, 3.63) is 71.0 Å². The van der Waals surface area contributed by atoms with Crippen LogP contribution < -0.4 is 10.9 Å². The summed E-state index contributed by atoms with van der Waals surface area (Å²) in [4.78, 5) is 30.5. The molecule has 0 fully saturated rings. The average Bonchev–Trinajstić information content (AvgIpc) is 2.78. The number of alkyl halides is 2. The number of hydrogen-bond donors (Lipinski definition) is 1. The lowest BCUT2D eigenvalue weighted by atomic mass is 10.1. The predicted octanol–water partition coefficient (Wildman–Crippen LogP) is 5.62. The van der Waals surface area contributed by atoms with Gasteiger partial charge in [0.1, 0.15) is 0 Å². The largest absolute Gasteiger partial charge is 0.325 e. The molecule has 32 heavy (non-hydrogen) atoms. The Morgan fingerprint density at radius 1 is 1.09 bits per heavy atom. The Labute approximate surface area is 191 Å². The molecule has 1 N–H and O–H groups in total. The van der Waals surface area contributed by atoms with E-state index in [1.165, 1.54) is 23.9 Å². The van der Waals surface area contributed by atoms with Gasteiger partial charge in [-0.15, -0.1) is 0 Å². The van der Waals surface area contributed by atoms with Crippen LogP contribution in [0.25, 0.3) is 21.7 Å². The molecule has 0 radical (unpaired) electrons. The van der Waals surface area contributed by atoms with Crippen LogP contribution in [-0.4, -0.2) is 27.0 Å². The van der Waals surface area contributed by atoms with Crippen LogP contribution in [0.3, 0.4) is 0 Å².